The van der Waals surface area contributed by atoms with Crippen molar-refractivity contribution in [3.8, 4) is 0 Å². The molecule has 1 unspecified atom stereocenters. The third-order valence-electron chi connectivity index (χ3n) is 4.96. The number of hydrogen-bond acceptors (Lipinski definition) is 5. The Morgan fingerprint density at radius 1 is 0.938 bits per heavy atom. The Balaban J connectivity index is 3.82. The lowest BCUT2D eigenvalue weighted by Gasteiger charge is -2.30. The van der Waals surface area contributed by atoms with Crippen molar-refractivity contribution in [3.63, 3.8) is 0 Å². The van der Waals surface area contributed by atoms with Crippen molar-refractivity contribution in [2.45, 2.75) is 80.2 Å². The highest BCUT2D eigenvalue weighted by atomic mass is 16.5. The molecule has 2 amide bonds. The Labute approximate surface area is 196 Å². The van der Waals surface area contributed by atoms with Crippen LogP contribution in [0.5, 0.6) is 0 Å². The number of amides is 2. The van der Waals surface area contributed by atoms with Gasteiger partial charge in [0.25, 0.3) is 0 Å². The van der Waals surface area contributed by atoms with Crippen LogP contribution in [-0.4, -0.2) is 75.5 Å². The van der Waals surface area contributed by atoms with Crippen LogP contribution in [0.1, 0.15) is 74.7 Å². The van der Waals surface area contributed by atoms with Gasteiger partial charge in [-0.15, -0.1) is 0 Å². The summed E-state index contributed by atoms with van der Waals surface area (Å²) in [7, 11) is 1.83. The summed E-state index contributed by atoms with van der Waals surface area (Å²) < 4.78 is 17.0. The largest absolute Gasteiger partial charge is 0.379 e. The van der Waals surface area contributed by atoms with Crippen LogP contribution >= 0.6 is 0 Å². The molecule has 0 aromatic heterocycles. The van der Waals surface area contributed by atoms with Gasteiger partial charge in [0.1, 0.15) is 0 Å². The van der Waals surface area contributed by atoms with Crippen LogP contribution < -0.4 is 5.32 Å². The van der Waals surface area contributed by atoms with Crippen molar-refractivity contribution < 1.29 is 23.8 Å². The molecule has 1 atom stereocenters. The summed E-state index contributed by atoms with van der Waals surface area (Å²) in [6, 6.07) is 0. The standard InChI is InChI=1S/C25H50N2O5/c1-10-23(29)27(9)18-24(5,6)19-32-14-12-30-11-13-31-17-21(4)16-25(7,8)26-22(28)15-20(2)3/h20-21H,10-19H2,1-9H3,(H,26,28). The molecular weight excluding hydrogens is 408 g/mol. The minimum absolute atomic E-state index is 0.0964. The van der Waals surface area contributed by atoms with Crippen molar-refractivity contribution in [1.29, 1.82) is 0 Å². The van der Waals surface area contributed by atoms with Gasteiger partial charge in [-0.2, -0.15) is 0 Å². The van der Waals surface area contributed by atoms with Gasteiger partial charge in [-0.25, -0.2) is 0 Å². The molecule has 1 N–H and O–H groups in total. The van der Waals surface area contributed by atoms with Crippen LogP contribution in [0.25, 0.3) is 0 Å². The lowest BCUT2D eigenvalue weighted by atomic mass is 9.91. The van der Waals surface area contributed by atoms with Crippen LogP contribution in [0.15, 0.2) is 0 Å². The van der Waals surface area contributed by atoms with Gasteiger partial charge in [-0.3, -0.25) is 9.59 Å². The van der Waals surface area contributed by atoms with E-state index in [1.807, 2.05) is 14.0 Å². The molecule has 7 nitrogen and oxygen atoms in total. The van der Waals surface area contributed by atoms with E-state index >= 15 is 0 Å². The van der Waals surface area contributed by atoms with Gasteiger partial charge in [-0.05, 0) is 32.1 Å². The summed E-state index contributed by atoms with van der Waals surface area (Å²) in [5, 5.41) is 3.13. The zero-order chi connectivity index (χ0) is 24.8. The molecule has 0 fully saturated rings. The maximum absolute atomic E-state index is 12.0. The molecule has 0 radical (unpaired) electrons. The van der Waals surface area contributed by atoms with E-state index < -0.39 is 0 Å². The van der Waals surface area contributed by atoms with Crippen molar-refractivity contribution in [1.82, 2.24) is 10.2 Å². The van der Waals surface area contributed by atoms with Gasteiger partial charge < -0.3 is 24.4 Å². The monoisotopic (exact) mass is 458 g/mol. The highest BCUT2D eigenvalue weighted by Crippen LogP contribution is 2.18. The second-order valence-electron chi connectivity index (χ2n) is 10.8. The van der Waals surface area contributed by atoms with Gasteiger partial charge in [0.05, 0.1) is 33.0 Å². The van der Waals surface area contributed by atoms with Crippen molar-refractivity contribution >= 4 is 11.8 Å². The SMILES string of the molecule is CCC(=O)N(C)CC(C)(C)COCCOCCOCC(C)CC(C)(C)NC(=O)CC(C)C. The molecular formula is C25H50N2O5. The molecule has 0 aliphatic heterocycles. The zero-order valence-corrected chi connectivity index (χ0v) is 22.2. The predicted molar refractivity (Wildman–Crippen MR) is 130 cm³/mol. The second kappa shape index (κ2) is 15.6. The van der Waals surface area contributed by atoms with Crippen LogP contribution in [0.2, 0.25) is 0 Å². The summed E-state index contributed by atoms with van der Waals surface area (Å²) in [6.45, 7) is 20.4. The predicted octanol–water partition coefficient (Wildman–Crippen LogP) is 3.90. The van der Waals surface area contributed by atoms with E-state index in [0.717, 1.165) is 6.42 Å². The fourth-order valence-electron chi connectivity index (χ4n) is 3.80. The normalized spacial score (nSPS) is 13.3. The fraction of sp³-hybridized carbons (Fsp3) is 0.920. The molecule has 0 bridgehead atoms. The number of carbonyl (C=O) groups excluding carboxylic acids is 2. The summed E-state index contributed by atoms with van der Waals surface area (Å²) in [4.78, 5) is 25.5. The Hall–Kier alpha value is -1.18. The molecule has 0 saturated heterocycles. The number of carbonyl (C=O) groups is 2. The van der Waals surface area contributed by atoms with E-state index in [1.54, 1.807) is 4.90 Å². The molecule has 190 valence electrons. The lowest BCUT2D eigenvalue weighted by molar-refractivity contribution is -0.131. The Morgan fingerprint density at radius 2 is 1.50 bits per heavy atom. The molecule has 0 rings (SSSR count). The van der Waals surface area contributed by atoms with E-state index in [0.29, 0.717) is 70.9 Å². The van der Waals surface area contributed by atoms with Crippen LogP contribution in [0.4, 0.5) is 0 Å². The van der Waals surface area contributed by atoms with Crippen LogP contribution in [0.3, 0.4) is 0 Å². The first kappa shape index (κ1) is 30.8. The first-order valence-corrected chi connectivity index (χ1v) is 12.1. The Kier molecular flexibility index (Phi) is 15.0. The van der Waals surface area contributed by atoms with Crippen LogP contribution in [0, 0.1) is 17.3 Å². The third-order valence-corrected chi connectivity index (χ3v) is 4.96. The number of nitrogens with zero attached hydrogens (tertiary/aromatic N) is 1. The number of rotatable bonds is 18. The first-order valence-electron chi connectivity index (χ1n) is 12.1. The van der Waals surface area contributed by atoms with Crippen molar-refractivity contribution in [3.05, 3.63) is 0 Å². The average Bonchev–Trinajstić information content (AvgIpc) is 2.63. The van der Waals surface area contributed by atoms with Crippen molar-refractivity contribution in [2.75, 3.05) is 53.2 Å². The highest BCUT2D eigenvalue weighted by Gasteiger charge is 2.24. The Bertz CT molecular complexity index is 534. The second-order valence-corrected chi connectivity index (χ2v) is 10.8. The van der Waals surface area contributed by atoms with E-state index in [2.05, 4.69) is 53.8 Å². The quantitative estimate of drug-likeness (QED) is 0.315. The van der Waals surface area contributed by atoms with E-state index in [9.17, 15) is 9.59 Å². The van der Waals surface area contributed by atoms with E-state index in [4.69, 9.17) is 14.2 Å². The maximum atomic E-state index is 12.0. The summed E-state index contributed by atoms with van der Waals surface area (Å²) in [6.07, 6.45) is 1.94. The minimum Gasteiger partial charge on any atom is -0.379 e. The van der Waals surface area contributed by atoms with Gasteiger partial charge in [0.2, 0.25) is 11.8 Å². The third kappa shape index (κ3) is 16.5. The summed E-state index contributed by atoms with van der Waals surface area (Å²) in [5.41, 5.74) is -0.337. The molecule has 0 aromatic carbocycles. The molecule has 0 heterocycles. The Morgan fingerprint density at radius 3 is 2.06 bits per heavy atom. The van der Waals surface area contributed by atoms with Gasteiger partial charge in [0.15, 0.2) is 0 Å². The van der Waals surface area contributed by atoms with Crippen LogP contribution in [-0.2, 0) is 23.8 Å². The van der Waals surface area contributed by atoms with E-state index in [1.165, 1.54) is 0 Å². The number of nitrogens with one attached hydrogen (secondary N) is 1. The molecule has 0 saturated carbocycles. The first-order chi connectivity index (χ1) is 14.8. The number of ether oxygens (including phenoxy) is 3. The molecule has 0 aromatic rings. The zero-order valence-electron chi connectivity index (χ0n) is 22.2. The van der Waals surface area contributed by atoms with Gasteiger partial charge >= 0.3 is 0 Å². The molecule has 32 heavy (non-hydrogen) atoms. The lowest BCUT2D eigenvalue weighted by Crippen LogP contribution is -2.45. The van der Waals surface area contributed by atoms with Gasteiger partial charge in [0, 0.05) is 44.0 Å². The molecule has 7 heteroatoms. The molecule has 0 spiro atoms. The molecule has 0 aliphatic carbocycles. The maximum Gasteiger partial charge on any atom is 0.222 e. The minimum atomic E-state index is -0.241. The van der Waals surface area contributed by atoms with E-state index in [-0.39, 0.29) is 22.8 Å². The average molecular weight is 459 g/mol. The van der Waals surface area contributed by atoms with Crippen molar-refractivity contribution in [2.24, 2.45) is 17.3 Å². The summed E-state index contributed by atoms with van der Waals surface area (Å²) >= 11 is 0. The smallest absolute Gasteiger partial charge is 0.222 e. The van der Waals surface area contributed by atoms with Gasteiger partial charge in [-0.1, -0.05) is 41.5 Å². The fourth-order valence-corrected chi connectivity index (χ4v) is 3.80. The molecule has 0 aliphatic rings. The highest BCUT2D eigenvalue weighted by molar-refractivity contribution is 5.76. The topological polar surface area (TPSA) is 77.1 Å². The number of hydrogen-bond donors (Lipinski definition) is 1. The summed E-state index contributed by atoms with van der Waals surface area (Å²) in [5.74, 6) is 0.961.